The second-order valence-corrected chi connectivity index (χ2v) is 7.32. The maximum Gasteiger partial charge on any atom is 0.277 e. The first-order chi connectivity index (χ1) is 13.2. The molecular weight excluding hydrogens is 362 g/mol. The quantitative estimate of drug-likeness (QED) is 0.626. The van der Waals surface area contributed by atoms with Crippen LogP contribution in [0.5, 0.6) is 5.75 Å². The van der Waals surface area contributed by atoms with E-state index in [-0.39, 0.29) is 11.9 Å². The minimum Gasteiger partial charge on any atom is -0.496 e. The minimum atomic E-state index is -0.447. The van der Waals surface area contributed by atoms with Crippen LogP contribution in [0, 0.1) is 0 Å². The van der Waals surface area contributed by atoms with Gasteiger partial charge in [0.2, 0.25) is 5.91 Å². The van der Waals surface area contributed by atoms with Crippen molar-refractivity contribution in [1.29, 1.82) is 0 Å². The number of para-hydroxylation sites is 1. The topological polar surface area (TPSA) is 77.2 Å². The van der Waals surface area contributed by atoms with Gasteiger partial charge in [0.05, 0.1) is 12.7 Å². The summed E-state index contributed by atoms with van der Waals surface area (Å²) in [5.74, 6) is 0.985. The van der Waals surface area contributed by atoms with Gasteiger partial charge in [-0.2, -0.15) is 0 Å². The van der Waals surface area contributed by atoms with Crippen molar-refractivity contribution in [3.05, 3.63) is 60.2 Å². The Kier molecular flexibility index (Phi) is 5.11. The second-order valence-electron chi connectivity index (χ2n) is 6.26. The number of methoxy groups -OCH3 is 1. The summed E-state index contributed by atoms with van der Waals surface area (Å²) in [4.78, 5) is 12.7. The summed E-state index contributed by atoms with van der Waals surface area (Å²) in [7, 11) is 1.60. The zero-order valence-corrected chi connectivity index (χ0v) is 15.6. The summed E-state index contributed by atoms with van der Waals surface area (Å²) in [6.45, 7) is 0. The molecule has 7 heteroatoms. The molecule has 1 saturated carbocycles. The number of carbonyl (C=O) groups is 1. The number of hydrogen-bond donors (Lipinski definition) is 1. The smallest absolute Gasteiger partial charge is 0.277 e. The Morgan fingerprint density at radius 3 is 2.63 bits per heavy atom. The van der Waals surface area contributed by atoms with Gasteiger partial charge in [0.25, 0.3) is 11.1 Å². The van der Waals surface area contributed by atoms with Crippen LogP contribution in [0.1, 0.15) is 23.7 Å². The lowest BCUT2D eigenvalue weighted by atomic mass is 10.1. The summed E-state index contributed by atoms with van der Waals surface area (Å²) in [5, 5.41) is 11.2. The van der Waals surface area contributed by atoms with Gasteiger partial charge in [0, 0.05) is 6.04 Å². The lowest BCUT2D eigenvalue weighted by Gasteiger charge is -2.14. The second kappa shape index (κ2) is 7.84. The summed E-state index contributed by atoms with van der Waals surface area (Å²) in [6.07, 6.45) is 2.08. The molecule has 1 atom stereocenters. The molecule has 3 aromatic rings. The standard InChI is InChI=1S/C20H19N3O3S/c1-25-16-10-6-5-9-15(16)19-22-23-20(26-19)27-17(13-7-3-2-4-8-13)18(24)21-14-11-12-14/h2-10,14,17H,11-12H2,1H3,(H,21,24). The number of thioether (sulfide) groups is 1. The number of hydrogen-bond acceptors (Lipinski definition) is 6. The molecule has 6 nitrogen and oxygen atoms in total. The van der Waals surface area contributed by atoms with Crippen LogP contribution in [0.2, 0.25) is 0 Å². The molecule has 0 saturated heterocycles. The molecule has 27 heavy (non-hydrogen) atoms. The predicted molar refractivity (Wildman–Crippen MR) is 102 cm³/mol. The molecule has 0 bridgehead atoms. The Morgan fingerprint density at radius 2 is 1.89 bits per heavy atom. The lowest BCUT2D eigenvalue weighted by molar-refractivity contribution is -0.120. The lowest BCUT2D eigenvalue weighted by Crippen LogP contribution is -2.29. The van der Waals surface area contributed by atoms with Gasteiger partial charge in [0.15, 0.2) is 0 Å². The molecule has 138 valence electrons. The molecule has 1 N–H and O–H groups in total. The summed E-state index contributed by atoms with van der Waals surface area (Å²) in [6, 6.07) is 17.4. The van der Waals surface area contributed by atoms with Crippen LogP contribution in [-0.4, -0.2) is 29.3 Å². The Labute approximate surface area is 161 Å². The number of carbonyl (C=O) groups excluding carboxylic acids is 1. The number of rotatable bonds is 7. The van der Waals surface area contributed by atoms with Gasteiger partial charge in [-0.25, -0.2) is 0 Å². The van der Waals surface area contributed by atoms with Crippen LogP contribution in [0.15, 0.2) is 64.2 Å². The number of amides is 1. The molecule has 1 amide bonds. The highest BCUT2D eigenvalue weighted by Crippen LogP contribution is 2.37. The number of aromatic nitrogens is 2. The first-order valence-electron chi connectivity index (χ1n) is 8.73. The average molecular weight is 381 g/mol. The Morgan fingerprint density at radius 1 is 1.15 bits per heavy atom. The molecule has 1 heterocycles. The van der Waals surface area contributed by atoms with Gasteiger partial charge in [-0.1, -0.05) is 42.5 Å². The fourth-order valence-corrected chi connectivity index (χ4v) is 3.58. The molecule has 0 spiro atoms. The van der Waals surface area contributed by atoms with Gasteiger partial charge in [-0.3, -0.25) is 4.79 Å². The van der Waals surface area contributed by atoms with Crippen molar-refractivity contribution in [2.75, 3.05) is 7.11 Å². The van der Waals surface area contributed by atoms with Crippen molar-refractivity contribution in [3.8, 4) is 17.2 Å². The van der Waals surface area contributed by atoms with E-state index < -0.39 is 5.25 Å². The SMILES string of the molecule is COc1ccccc1-c1nnc(SC(C(=O)NC2CC2)c2ccccc2)o1. The van der Waals surface area contributed by atoms with Crippen molar-refractivity contribution in [2.24, 2.45) is 0 Å². The third-order valence-electron chi connectivity index (χ3n) is 4.23. The zero-order valence-electron chi connectivity index (χ0n) is 14.8. The molecule has 0 aliphatic heterocycles. The molecule has 1 aliphatic rings. The summed E-state index contributed by atoms with van der Waals surface area (Å²) in [5.41, 5.74) is 1.62. The number of ether oxygens (including phenoxy) is 1. The molecular formula is C20H19N3O3S. The van der Waals surface area contributed by atoms with Crippen LogP contribution >= 0.6 is 11.8 Å². The van der Waals surface area contributed by atoms with Crippen molar-refractivity contribution in [1.82, 2.24) is 15.5 Å². The Balaban J connectivity index is 1.58. The van der Waals surface area contributed by atoms with Crippen molar-refractivity contribution in [3.63, 3.8) is 0 Å². The summed E-state index contributed by atoms with van der Waals surface area (Å²) < 4.78 is 11.2. The van der Waals surface area contributed by atoms with Crippen LogP contribution in [0.4, 0.5) is 0 Å². The van der Waals surface area contributed by atoms with Crippen LogP contribution in [-0.2, 0) is 4.79 Å². The number of nitrogens with zero attached hydrogens (tertiary/aromatic N) is 2. The van der Waals surface area contributed by atoms with Crippen molar-refractivity contribution < 1.29 is 13.9 Å². The van der Waals surface area contributed by atoms with Gasteiger partial charge in [0.1, 0.15) is 11.0 Å². The maximum absolute atomic E-state index is 12.7. The van der Waals surface area contributed by atoms with E-state index in [1.54, 1.807) is 7.11 Å². The van der Waals surface area contributed by atoms with Crippen LogP contribution in [0.25, 0.3) is 11.5 Å². The van der Waals surface area contributed by atoms with Crippen LogP contribution in [0.3, 0.4) is 0 Å². The highest BCUT2D eigenvalue weighted by molar-refractivity contribution is 8.00. The Hall–Kier alpha value is -2.80. The maximum atomic E-state index is 12.7. The molecule has 1 aliphatic carbocycles. The monoisotopic (exact) mass is 381 g/mol. The molecule has 2 aromatic carbocycles. The van der Waals surface area contributed by atoms with E-state index in [1.165, 1.54) is 11.8 Å². The average Bonchev–Trinajstić information content (AvgIpc) is 3.40. The van der Waals surface area contributed by atoms with E-state index in [2.05, 4.69) is 15.5 Å². The van der Waals surface area contributed by atoms with E-state index in [0.29, 0.717) is 16.9 Å². The van der Waals surface area contributed by atoms with Crippen molar-refractivity contribution >= 4 is 17.7 Å². The zero-order chi connectivity index (χ0) is 18.6. The van der Waals surface area contributed by atoms with E-state index in [4.69, 9.17) is 9.15 Å². The van der Waals surface area contributed by atoms with Crippen molar-refractivity contribution in [2.45, 2.75) is 29.4 Å². The minimum absolute atomic E-state index is 0.0364. The highest BCUT2D eigenvalue weighted by atomic mass is 32.2. The number of benzene rings is 2. The molecule has 4 rings (SSSR count). The third kappa shape index (κ3) is 4.14. The highest BCUT2D eigenvalue weighted by Gasteiger charge is 2.30. The third-order valence-corrected chi connectivity index (χ3v) is 5.32. The fraction of sp³-hybridized carbons (Fsp3) is 0.250. The van der Waals surface area contributed by atoms with E-state index >= 15 is 0 Å². The van der Waals surface area contributed by atoms with Gasteiger partial charge in [-0.15, -0.1) is 10.2 Å². The van der Waals surface area contributed by atoms with Gasteiger partial charge < -0.3 is 14.5 Å². The largest absolute Gasteiger partial charge is 0.496 e. The van der Waals surface area contributed by atoms with Gasteiger partial charge in [-0.05, 0) is 42.3 Å². The van der Waals surface area contributed by atoms with Crippen LogP contribution < -0.4 is 10.1 Å². The molecule has 1 fully saturated rings. The van der Waals surface area contributed by atoms with Gasteiger partial charge >= 0.3 is 0 Å². The Bertz CT molecular complexity index is 925. The molecule has 1 aromatic heterocycles. The fourth-order valence-electron chi connectivity index (χ4n) is 2.69. The summed E-state index contributed by atoms with van der Waals surface area (Å²) >= 11 is 1.26. The number of nitrogens with one attached hydrogen (secondary N) is 1. The first-order valence-corrected chi connectivity index (χ1v) is 9.61. The molecule has 0 radical (unpaired) electrons. The van der Waals surface area contributed by atoms with E-state index in [0.717, 1.165) is 24.0 Å². The van der Waals surface area contributed by atoms with E-state index in [9.17, 15) is 4.79 Å². The predicted octanol–water partition coefficient (Wildman–Crippen LogP) is 3.86. The molecule has 1 unspecified atom stereocenters. The normalized spacial score (nSPS) is 14.6. The first kappa shape index (κ1) is 17.6. The van der Waals surface area contributed by atoms with E-state index in [1.807, 2.05) is 54.6 Å².